The Kier molecular flexibility index (Phi) is 3.94. The van der Waals surface area contributed by atoms with Crippen molar-refractivity contribution in [1.82, 2.24) is 0 Å². The molecule has 0 spiro atoms. The second kappa shape index (κ2) is 4.77. The van der Waals surface area contributed by atoms with E-state index in [-0.39, 0.29) is 5.78 Å². The van der Waals surface area contributed by atoms with Gasteiger partial charge in [0.25, 0.3) is 0 Å². The van der Waals surface area contributed by atoms with Crippen molar-refractivity contribution in [1.29, 1.82) is 0 Å². The van der Waals surface area contributed by atoms with E-state index in [0.29, 0.717) is 12.3 Å². The summed E-state index contributed by atoms with van der Waals surface area (Å²) in [5, 5.41) is 0. The van der Waals surface area contributed by atoms with Crippen LogP contribution >= 0.6 is 27.5 Å². The summed E-state index contributed by atoms with van der Waals surface area (Å²) in [4.78, 5) is 10.9. The molecule has 1 nitrogen and oxygen atoms in total. The molecule has 0 saturated heterocycles. The zero-order chi connectivity index (χ0) is 9.84. The van der Waals surface area contributed by atoms with Gasteiger partial charge in [0.05, 0.1) is 0 Å². The summed E-state index contributed by atoms with van der Waals surface area (Å²) in [6, 6.07) is 5.82. The van der Waals surface area contributed by atoms with Crippen LogP contribution in [0.5, 0.6) is 0 Å². The molecule has 1 aromatic rings. The number of hydrogen-bond acceptors (Lipinski definition) is 1. The van der Waals surface area contributed by atoms with Crippen molar-refractivity contribution in [3.8, 4) is 0 Å². The summed E-state index contributed by atoms with van der Waals surface area (Å²) in [6.07, 6.45) is 0.475. The van der Waals surface area contributed by atoms with Gasteiger partial charge in [-0.25, -0.2) is 0 Å². The summed E-state index contributed by atoms with van der Waals surface area (Å²) >= 11 is 9.07. The number of carbonyl (C=O) groups excluding carboxylic acids is 1. The van der Waals surface area contributed by atoms with Crippen LogP contribution in [0, 0.1) is 0 Å². The number of ketones is 1. The maximum atomic E-state index is 10.9. The van der Waals surface area contributed by atoms with Crippen molar-refractivity contribution in [2.45, 2.75) is 19.2 Å². The third-order valence-corrected chi connectivity index (χ3v) is 2.76. The van der Waals surface area contributed by atoms with Crippen LogP contribution in [0.1, 0.15) is 18.1 Å². The molecule has 0 fully saturated rings. The Morgan fingerprint density at radius 2 is 2.23 bits per heavy atom. The van der Waals surface area contributed by atoms with Gasteiger partial charge in [0.15, 0.2) is 0 Å². The van der Waals surface area contributed by atoms with Gasteiger partial charge < -0.3 is 0 Å². The van der Waals surface area contributed by atoms with E-state index < -0.39 is 0 Å². The summed E-state index contributed by atoms with van der Waals surface area (Å²) in [5.74, 6) is 0.665. The molecular formula is C10H10BrClO. The number of benzene rings is 1. The SMILES string of the molecule is CC(=O)Cc1ccc(CCl)cc1Br. The highest BCUT2D eigenvalue weighted by Crippen LogP contribution is 2.20. The number of rotatable bonds is 3. The Labute approximate surface area is 91.2 Å². The van der Waals surface area contributed by atoms with E-state index in [1.807, 2.05) is 18.2 Å². The fraction of sp³-hybridized carbons (Fsp3) is 0.300. The van der Waals surface area contributed by atoms with Gasteiger partial charge in [0, 0.05) is 16.8 Å². The van der Waals surface area contributed by atoms with Gasteiger partial charge in [-0.05, 0) is 24.1 Å². The predicted octanol–water partition coefficient (Wildman–Crippen LogP) is 3.32. The van der Waals surface area contributed by atoms with Crippen molar-refractivity contribution in [2.75, 3.05) is 0 Å². The standard InChI is InChI=1S/C10H10BrClO/c1-7(13)4-9-3-2-8(6-12)5-10(9)11/h2-3,5H,4,6H2,1H3. The third-order valence-electron chi connectivity index (χ3n) is 1.71. The van der Waals surface area contributed by atoms with Gasteiger partial charge in [-0.3, -0.25) is 4.79 Å². The minimum atomic E-state index is 0.166. The van der Waals surface area contributed by atoms with Crippen LogP contribution in [0.25, 0.3) is 0 Å². The van der Waals surface area contributed by atoms with Gasteiger partial charge in [-0.1, -0.05) is 28.1 Å². The smallest absolute Gasteiger partial charge is 0.134 e. The first-order chi connectivity index (χ1) is 6.13. The molecule has 0 aromatic heterocycles. The molecule has 0 amide bonds. The highest BCUT2D eigenvalue weighted by Gasteiger charge is 2.03. The molecule has 13 heavy (non-hydrogen) atoms. The van der Waals surface area contributed by atoms with Crippen LogP contribution < -0.4 is 0 Å². The Hall–Kier alpha value is -0.340. The third kappa shape index (κ3) is 3.12. The minimum Gasteiger partial charge on any atom is -0.300 e. The van der Waals surface area contributed by atoms with Gasteiger partial charge in [-0.15, -0.1) is 11.6 Å². The van der Waals surface area contributed by atoms with E-state index in [1.165, 1.54) is 0 Å². The van der Waals surface area contributed by atoms with Crippen LogP contribution in [0.3, 0.4) is 0 Å². The number of halogens is 2. The van der Waals surface area contributed by atoms with Crippen LogP contribution in [0.2, 0.25) is 0 Å². The Morgan fingerprint density at radius 3 is 2.69 bits per heavy atom. The molecule has 70 valence electrons. The first-order valence-electron chi connectivity index (χ1n) is 3.96. The molecule has 0 saturated carbocycles. The highest BCUT2D eigenvalue weighted by molar-refractivity contribution is 9.10. The van der Waals surface area contributed by atoms with Crippen molar-refractivity contribution in [3.05, 3.63) is 33.8 Å². The van der Waals surface area contributed by atoms with Crippen LogP contribution in [-0.4, -0.2) is 5.78 Å². The van der Waals surface area contributed by atoms with Crippen molar-refractivity contribution >= 4 is 33.3 Å². The number of hydrogen-bond donors (Lipinski definition) is 0. The molecule has 0 aliphatic heterocycles. The van der Waals surface area contributed by atoms with Crippen LogP contribution in [0.15, 0.2) is 22.7 Å². The fourth-order valence-corrected chi connectivity index (χ4v) is 1.82. The summed E-state index contributed by atoms with van der Waals surface area (Å²) in [5.41, 5.74) is 2.07. The van der Waals surface area contributed by atoms with E-state index in [9.17, 15) is 4.79 Å². The maximum Gasteiger partial charge on any atom is 0.134 e. The van der Waals surface area contributed by atoms with E-state index in [2.05, 4.69) is 15.9 Å². The second-order valence-corrected chi connectivity index (χ2v) is 4.06. The molecule has 1 rings (SSSR count). The molecule has 1 aromatic carbocycles. The normalized spacial score (nSPS) is 10.1. The lowest BCUT2D eigenvalue weighted by Gasteiger charge is -2.03. The number of alkyl halides is 1. The van der Waals surface area contributed by atoms with Crippen LogP contribution in [0.4, 0.5) is 0 Å². The monoisotopic (exact) mass is 260 g/mol. The lowest BCUT2D eigenvalue weighted by Crippen LogP contribution is -1.97. The molecule has 0 aliphatic carbocycles. The Balaban J connectivity index is 2.91. The Morgan fingerprint density at radius 1 is 1.54 bits per heavy atom. The van der Waals surface area contributed by atoms with Gasteiger partial charge in [0.1, 0.15) is 5.78 Å². The quantitative estimate of drug-likeness (QED) is 0.763. The van der Waals surface area contributed by atoms with Gasteiger partial charge >= 0.3 is 0 Å². The van der Waals surface area contributed by atoms with Crippen molar-refractivity contribution < 1.29 is 4.79 Å². The molecule has 0 heterocycles. The number of Topliss-reactive ketones (excluding diaryl/α,β-unsaturated/α-hetero) is 1. The molecule has 0 radical (unpaired) electrons. The minimum absolute atomic E-state index is 0.166. The first kappa shape index (κ1) is 10.7. The van der Waals surface area contributed by atoms with Crippen molar-refractivity contribution in [2.24, 2.45) is 0 Å². The average molecular weight is 262 g/mol. The molecule has 0 aliphatic rings. The molecule has 0 bridgehead atoms. The molecular weight excluding hydrogens is 251 g/mol. The molecule has 0 N–H and O–H groups in total. The van der Waals surface area contributed by atoms with E-state index in [0.717, 1.165) is 15.6 Å². The van der Waals surface area contributed by atoms with E-state index >= 15 is 0 Å². The zero-order valence-corrected chi connectivity index (χ0v) is 9.65. The highest BCUT2D eigenvalue weighted by atomic mass is 79.9. The molecule has 0 atom stereocenters. The predicted molar refractivity (Wildman–Crippen MR) is 58.1 cm³/mol. The van der Waals surface area contributed by atoms with E-state index in [4.69, 9.17) is 11.6 Å². The maximum absolute atomic E-state index is 10.9. The summed E-state index contributed by atoms with van der Waals surface area (Å²) in [7, 11) is 0. The van der Waals surface area contributed by atoms with Crippen LogP contribution in [-0.2, 0) is 17.1 Å². The molecule has 0 unspecified atom stereocenters. The number of carbonyl (C=O) groups is 1. The zero-order valence-electron chi connectivity index (χ0n) is 7.31. The summed E-state index contributed by atoms with van der Waals surface area (Å²) < 4.78 is 0.959. The topological polar surface area (TPSA) is 17.1 Å². The lowest BCUT2D eigenvalue weighted by atomic mass is 10.1. The second-order valence-electron chi connectivity index (χ2n) is 2.94. The molecule has 3 heteroatoms. The largest absolute Gasteiger partial charge is 0.300 e. The summed E-state index contributed by atoms with van der Waals surface area (Å²) in [6.45, 7) is 1.59. The van der Waals surface area contributed by atoms with Crippen molar-refractivity contribution in [3.63, 3.8) is 0 Å². The Bertz CT molecular complexity index is 323. The van der Waals surface area contributed by atoms with E-state index in [1.54, 1.807) is 6.92 Å². The lowest BCUT2D eigenvalue weighted by molar-refractivity contribution is -0.116. The first-order valence-corrected chi connectivity index (χ1v) is 5.29. The van der Waals surface area contributed by atoms with Gasteiger partial charge in [-0.2, -0.15) is 0 Å². The fourth-order valence-electron chi connectivity index (χ4n) is 1.09. The average Bonchev–Trinajstić information content (AvgIpc) is 2.08. The van der Waals surface area contributed by atoms with Gasteiger partial charge in [0.2, 0.25) is 0 Å².